The Kier molecular flexibility index (Phi) is 5.46. The molecule has 1 aromatic rings. The first kappa shape index (κ1) is 16.5. The summed E-state index contributed by atoms with van der Waals surface area (Å²) in [4.78, 5) is 0.228. The van der Waals surface area contributed by atoms with Crippen LogP contribution in [0.15, 0.2) is 17.2 Å². The summed E-state index contributed by atoms with van der Waals surface area (Å²) in [5.41, 5.74) is 0.594. The number of sulfonamides is 1. The molecule has 6 heteroatoms. The normalized spacial score (nSPS) is 23.4. The number of rotatable bonds is 6. The van der Waals surface area contributed by atoms with Crippen molar-refractivity contribution in [3.8, 4) is 0 Å². The number of nitrogens with one attached hydrogen (secondary N) is 1. The monoisotopic (exact) mass is 314 g/mol. The Hall–Kier alpha value is -0.850. The molecule has 0 atom stereocenters. The van der Waals surface area contributed by atoms with Gasteiger partial charge in [0.15, 0.2) is 0 Å². The Morgan fingerprint density at radius 2 is 2.00 bits per heavy atom. The Morgan fingerprint density at radius 1 is 1.33 bits per heavy atom. The maximum atomic E-state index is 12.2. The van der Waals surface area contributed by atoms with E-state index in [4.69, 9.17) is 5.11 Å². The average molecular weight is 314 g/mol. The topological polar surface area (TPSA) is 71.3 Å². The molecular weight excluding hydrogens is 288 g/mol. The van der Waals surface area contributed by atoms with E-state index in [1.807, 2.05) is 0 Å². The first-order valence-corrected chi connectivity index (χ1v) is 9.16. The lowest BCUT2D eigenvalue weighted by Crippen LogP contribution is -2.26. The SMILES string of the molecule is CC1CCC(CCNS(=O)(=O)c2cc(CO)n(C)c2)CC1. The van der Waals surface area contributed by atoms with Gasteiger partial charge in [-0.3, -0.25) is 0 Å². The summed E-state index contributed by atoms with van der Waals surface area (Å²) in [5, 5.41) is 9.13. The second-order valence-electron chi connectivity index (χ2n) is 6.25. The summed E-state index contributed by atoms with van der Waals surface area (Å²) in [6, 6.07) is 1.52. The molecule has 0 aliphatic heterocycles. The van der Waals surface area contributed by atoms with E-state index < -0.39 is 10.0 Å². The highest BCUT2D eigenvalue weighted by atomic mass is 32.2. The number of hydrogen-bond acceptors (Lipinski definition) is 3. The van der Waals surface area contributed by atoms with Crippen molar-refractivity contribution in [3.05, 3.63) is 18.0 Å². The van der Waals surface area contributed by atoms with Crippen LogP contribution in [0.5, 0.6) is 0 Å². The second kappa shape index (κ2) is 6.94. The van der Waals surface area contributed by atoms with Gasteiger partial charge in [-0.15, -0.1) is 0 Å². The molecule has 0 amide bonds. The van der Waals surface area contributed by atoms with E-state index in [0.29, 0.717) is 18.2 Å². The van der Waals surface area contributed by atoms with Gasteiger partial charge in [-0.25, -0.2) is 13.1 Å². The Morgan fingerprint density at radius 3 is 2.57 bits per heavy atom. The molecule has 1 fully saturated rings. The minimum Gasteiger partial charge on any atom is -0.390 e. The second-order valence-corrected chi connectivity index (χ2v) is 8.02. The maximum absolute atomic E-state index is 12.2. The third-order valence-corrected chi connectivity index (χ3v) is 5.96. The van der Waals surface area contributed by atoms with Crippen LogP contribution in [-0.4, -0.2) is 24.6 Å². The Balaban J connectivity index is 1.86. The van der Waals surface area contributed by atoms with Gasteiger partial charge in [-0.05, 0) is 24.3 Å². The van der Waals surface area contributed by atoms with Gasteiger partial charge in [0.2, 0.25) is 10.0 Å². The van der Waals surface area contributed by atoms with Crippen LogP contribution >= 0.6 is 0 Å². The van der Waals surface area contributed by atoms with Crippen LogP contribution in [0.3, 0.4) is 0 Å². The first-order chi connectivity index (χ1) is 9.92. The van der Waals surface area contributed by atoms with Crippen LogP contribution in [0, 0.1) is 11.8 Å². The number of nitrogens with zero attached hydrogens (tertiary/aromatic N) is 1. The number of aliphatic hydroxyl groups is 1. The zero-order chi connectivity index (χ0) is 15.5. The molecular formula is C15H26N2O3S. The molecule has 0 radical (unpaired) electrons. The van der Waals surface area contributed by atoms with Crippen molar-refractivity contribution >= 4 is 10.0 Å². The average Bonchev–Trinajstić information content (AvgIpc) is 2.83. The largest absolute Gasteiger partial charge is 0.390 e. The van der Waals surface area contributed by atoms with Gasteiger partial charge in [-0.2, -0.15) is 0 Å². The molecule has 2 N–H and O–H groups in total. The fourth-order valence-electron chi connectivity index (χ4n) is 2.98. The molecule has 0 saturated heterocycles. The first-order valence-electron chi connectivity index (χ1n) is 7.68. The van der Waals surface area contributed by atoms with Gasteiger partial charge in [0.1, 0.15) is 0 Å². The van der Waals surface area contributed by atoms with Crippen LogP contribution in [0.25, 0.3) is 0 Å². The van der Waals surface area contributed by atoms with Crippen LogP contribution in [0.1, 0.15) is 44.7 Å². The van der Waals surface area contributed by atoms with Crippen molar-refractivity contribution in [1.29, 1.82) is 0 Å². The molecule has 0 unspecified atom stereocenters. The minimum absolute atomic E-state index is 0.160. The molecule has 1 saturated carbocycles. The maximum Gasteiger partial charge on any atom is 0.242 e. The van der Waals surface area contributed by atoms with Crippen molar-refractivity contribution in [1.82, 2.24) is 9.29 Å². The van der Waals surface area contributed by atoms with E-state index in [1.165, 1.54) is 37.9 Å². The van der Waals surface area contributed by atoms with Crippen LogP contribution < -0.4 is 4.72 Å². The lowest BCUT2D eigenvalue weighted by Gasteiger charge is -2.26. The van der Waals surface area contributed by atoms with E-state index in [2.05, 4.69) is 11.6 Å². The zero-order valence-electron chi connectivity index (χ0n) is 12.9. The molecule has 1 aliphatic rings. The summed E-state index contributed by atoms with van der Waals surface area (Å²) in [6.07, 6.45) is 7.39. The van der Waals surface area contributed by atoms with Crippen LogP contribution in [0.2, 0.25) is 0 Å². The number of aromatic nitrogens is 1. The van der Waals surface area contributed by atoms with Crippen molar-refractivity contribution in [2.24, 2.45) is 18.9 Å². The lowest BCUT2D eigenvalue weighted by molar-refractivity contribution is 0.272. The third kappa shape index (κ3) is 4.31. The lowest BCUT2D eigenvalue weighted by atomic mass is 9.81. The van der Waals surface area contributed by atoms with E-state index in [0.717, 1.165) is 12.3 Å². The molecule has 0 spiro atoms. The smallest absolute Gasteiger partial charge is 0.242 e. The predicted octanol–water partition coefficient (Wildman–Crippen LogP) is 2.01. The predicted molar refractivity (Wildman–Crippen MR) is 82.3 cm³/mol. The summed E-state index contributed by atoms with van der Waals surface area (Å²) in [7, 11) is -1.74. The number of hydrogen-bond donors (Lipinski definition) is 2. The highest BCUT2D eigenvalue weighted by Crippen LogP contribution is 2.30. The van der Waals surface area contributed by atoms with E-state index in [1.54, 1.807) is 11.6 Å². The van der Waals surface area contributed by atoms with Crippen molar-refractivity contribution in [2.45, 2.75) is 50.5 Å². The van der Waals surface area contributed by atoms with Gasteiger partial charge in [0.25, 0.3) is 0 Å². The molecule has 0 aromatic carbocycles. The molecule has 2 rings (SSSR count). The number of aryl methyl sites for hydroxylation is 1. The van der Waals surface area contributed by atoms with E-state index in [9.17, 15) is 8.42 Å². The molecule has 0 bridgehead atoms. The van der Waals surface area contributed by atoms with E-state index >= 15 is 0 Å². The third-order valence-electron chi connectivity index (χ3n) is 4.54. The Labute approximate surface area is 127 Å². The highest BCUT2D eigenvalue weighted by Gasteiger charge is 2.20. The quantitative estimate of drug-likeness (QED) is 0.844. The summed E-state index contributed by atoms with van der Waals surface area (Å²) < 4.78 is 28.7. The van der Waals surface area contributed by atoms with Crippen molar-refractivity contribution < 1.29 is 13.5 Å². The molecule has 5 nitrogen and oxygen atoms in total. The zero-order valence-corrected chi connectivity index (χ0v) is 13.7. The summed E-state index contributed by atoms with van der Waals surface area (Å²) >= 11 is 0. The van der Waals surface area contributed by atoms with Gasteiger partial charge >= 0.3 is 0 Å². The molecule has 21 heavy (non-hydrogen) atoms. The van der Waals surface area contributed by atoms with Crippen LogP contribution in [0.4, 0.5) is 0 Å². The number of aliphatic hydroxyl groups excluding tert-OH is 1. The molecule has 1 heterocycles. The summed E-state index contributed by atoms with van der Waals surface area (Å²) in [5.74, 6) is 1.46. The minimum atomic E-state index is -3.47. The van der Waals surface area contributed by atoms with E-state index in [-0.39, 0.29) is 11.5 Å². The summed E-state index contributed by atoms with van der Waals surface area (Å²) in [6.45, 7) is 2.62. The fraction of sp³-hybridized carbons (Fsp3) is 0.733. The fourth-order valence-corrected chi connectivity index (χ4v) is 4.12. The van der Waals surface area contributed by atoms with Crippen LogP contribution in [-0.2, 0) is 23.7 Å². The van der Waals surface area contributed by atoms with Gasteiger partial charge in [-0.1, -0.05) is 32.6 Å². The molecule has 1 aromatic heterocycles. The highest BCUT2D eigenvalue weighted by molar-refractivity contribution is 7.89. The molecule has 120 valence electrons. The van der Waals surface area contributed by atoms with Gasteiger partial charge in [0.05, 0.1) is 11.5 Å². The van der Waals surface area contributed by atoms with Gasteiger partial charge < -0.3 is 9.67 Å². The standard InChI is InChI=1S/C15H26N2O3S/c1-12-3-5-13(6-4-12)7-8-16-21(19,20)15-9-14(11-18)17(2)10-15/h9-10,12-13,16,18H,3-8,11H2,1-2H3. The van der Waals surface area contributed by atoms with Crippen molar-refractivity contribution in [2.75, 3.05) is 6.54 Å². The molecule has 1 aliphatic carbocycles. The Bertz CT molecular complexity index is 557. The van der Waals surface area contributed by atoms with Crippen molar-refractivity contribution in [3.63, 3.8) is 0 Å². The van der Waals surface area contributed by atoms with Gasteiger partial charge in [0, 0.05) is 25.5 Å².